The van der Waals surface area contributed by atoms with E-state index in [1.807, 2.05) is 0 Å². The molecule has 7 heteroatoms. The summed E-state index contributed by atoms with van der Waals surface area (Å²) >= 11 is 6.33. The predicted molar refractivity (Wildman–Crippen MR) is 87.5 cm³/mol. The summed E-state index contributed by atoms with van der Waals surface area (Å²) in [4.78, 5) is 11.2. The number of nitrogens with zero attached hydrogens (tertiary/aromatic N) is 4. The molecule has 0 unspecified atom stereocenters. The van der Waals surface area contributed by atoms with Gasteiger partial charge in [-0.25, -0.2) is 4.98 Å². The largest absolute Gasteiger partial charge is 0.384 e. The van der Waals surface area contributed by atoms with Crippen molar-refractivity contribution in [3.05, 3.63) is 22.8 Å². The molecule has 0 aliphatic carbocycles. The molecule has 1 saturated heterocycles. The van der Waals surface area contributed by atoms with Crippen molar-refractivity contribution < 1.29 is 0 Å². The second-order valence-corrected chi connectivity index (χ2v) is 5.92. The molecule has 116 valence electrons. The molecule has 2 heterocycles. The monoisotopic (exact) mass is 310 g/mol. The fourth-order valence-electron chi connectivity index (χ4n) is 2.39. The Hall–Kier alpha value is -1.37. The summed E-state index contributed by atoms with van der Waals surface area (Å²) in [5.41, 5.74) is 6.10. The Kier molecular flexibility index (Phi) is 5.39. The Bertz CT molecular complexity index is 496. The van der Waals surface area contributed by atoms with Crippen molar-refractivity contribution in [1.82, 2.24) is 14.8 Å². The Labute approximate surface area is 131 Å². The van der Waals surface area contributed by atoms with Gasteiger partial charge in [0.2, 0.25) is 0 Å². The van der Waals surface area contributed by atoms with Crippen LogP contribution in [0.5, 0.6) is 0 Å². The number of anilines is 1. The maximum absolute atomic E-state index is 7.55. The number of likely N-dealkylation sites (N-methyl/N-ethyl adjacent to an activating group) is 1. The van der Waals surface area contributed by atoms with Gasteiger partial charge in [-0.3, -0.25) is 10.3 Å². The first-order chi connectivity index (χ1) is 9.99. The molecule has 1 aliphatic rings. The van der Waals surface area contributed by atoms with Crippen LogP contribution in [0.2, 0.25) is 5.02 Å². The van der Waals surface area contributed by atoms with Crippen LogP contribution < -0.4 is 10.6 Å². The number of amidine groups is 1. The summed E-state index contributed by atoms with van der Waals surface area (Å²) in [5, 5.41) is 8.03. The first kappa shape index (κ1) is 16.0. The van der Waals surface area contributed by atoms with E-state index in [9.17, 15) is 0 Å². The van der Waals surface area contributed by atoms with Crippen LogP contribution in [0.3, 0.4) is 0 Å². The maximum Gasteiger partial charge on any atom is 0.148 e. The smallest absolute Gasteiger partial charge is 0.148 e. The highest BCUT2D eigenvalue weighted by Gasteiger charge is 2.21. The lowest BCUT2D eigenvalue weighted by molar-refractivity contribution is 0.229. The van der Waals surface area contributed by atoms with Gasteiger partial charge >= 0.3 is 0 Å². The number of rotatable bonds is 5. The number of nitrogens with two attached hydrogens (primary N) is 1. The third kappa shape index (κ3) is 4.06. The number of nitrogen functional groups attached to an aromatic ring is 1. The quantitative estimate of drug-likeness (QED) is 0.619. The zero-order valence-electron chi connectivity index (χ0n) is 12.6. The summed E-state index contributed by atoms with van der Waals surface area (Å²) in [6, 6.07) is 1.68. The summed E-state index contributed by atoms with van der Waals surface area (Å²) in [6.45, 7) is 5.92. The average Bonchev–Trinajstić information content (AvgIpc) is 2.45. The molecule has 1 aliphatic heterocycles. The molecule has 3 N–H and O–H groups in total. The number of halogens is 1. The van der Waals surface area contributed by atoms with Gasteiger partial charge in [0.1, 0.15) is 11.7 Å². The normalized spacial score (nSPS) is 16.5. The molecule has 21 heavy (non-hydrogen) atoms. The van der Waals surface area contributed by atoms with Crippen LogP contribution in [0.15, 0.2) is 12.3 Å². The number of piperazine rings is 1. The molecule has 0 aromatic carbocycles. The zero-order valence-corrected chi connectivity index (χ0v) is 13.4. The van der Waals surface area contributed by atoms with Gasteiger partial charge in [0.25, 0.3) is 0 Å². The van der Waals surface area contributed by atoms with Crippen molar-refractivity contribution in [2.75, 3.05) is 58.3 Å². The fourth-order valence-corrected chi connectivity index (χ4v) is 2.72. The highest BCUT2D eigenvalue weighted by atomic mass is 35.5. The van der Waals surface area contributed by atoms with Crippen molar-refractivity contribution in [2.45, 2.75) is 0 Å². The molecule has 0 radical (unpaired) electrons. The standard InChI is InChI=1S/C14H23ClN6/c1-19(2)5-6-20-7-9-21(10-8-20)14-12(15)11(13(16)17)3-4-18-14/h3-4H,5-10H2,1-2H3,(H3,16,17). The van der Waals surface area contributed by atoms with Gasteiger partial charge in [-0.1, -0.05) is 11.6 Å². The third-order valence-corrected chi connectivity index (χ3v) is 4.07. The van der Waals surface area contributed by atoms with Crippen LogP contribution >= 0.6 is 11.6 Å². The van der Waals surface area contributed by atoms with Gasteiger partial charge in [-0.2, -0.15) is 0 Å². The molecule has 0 bridgehead atoms. The topological polar surface area (TPSA) is 72.5 Å². The number of hydrogen-bond acceptors (Lipinski definition) is 5. The van der Waals surface area contributed by atoms with E-state index in [0.29, 0.717) is 10.6 Å². The van der Waals surface area contributed by atoms with Crippen LogP contribution in [0, 0.1) is 5.41 Å². The lowest BCUT2D eigenvalue weighted by Crippen LogP contribution is -2.48. The van der Waals surface area contributed by atoms with E-state index in [1.165, 1.54) is 0 Å². The van der Waals surface area contributed by atoms with Crippen molar-refractivity contribution in [3.63, 3.8) is 0 Å². The van der Waals surface area contributed by atoms with Crippen molar-refractivity contribution >= 4 is 23.3 Å². The third-order valence-electron chi connectivity index (χ3n) is 3.70. The molecule has 1 aromatic heterocycles. The van der Waals surface area contributed by atoms with Gasteiger partial charge < -0.3 is 15.5 Å². The molecule has 0 atom stereocenters. The minimum atomic E-state index is -0.0201. The zero-order chi connectivity index (χ0) is 15.4. The summed E-state index contributed by atoms with van der Waals surface area (Å²) in [5.74, 6) is 0.713. The lowest BCUT2D eigenvalue weighted by atomic mass is 10.2. The van der Waals surface area contributed by atoms with E-state index in [-0.39, 0.29) is 5.84 Å². The molecular formula is C14H23ClN6. The number of hydrogen-bond donors (Lipinski definition) is 2. The first-order valence-corrected chi connectivity index (χ1v) is 7.47. The van der Waals surface area contributed by atoms with Crippen molar-refractivity contribution in [2.24, 2.45) is 5.73 Å². The van der Waals surface area contributed by atoms with Crippen LogP contribution in [0.25, 0.3) is 0 Å². The van der Waals surface area contributed by atoms with Gasteiger partial charge in [0.15, 0.2) is 0 Å². The summed E-state index contributed by atoms with van der Waals surface area (Å²) < 4.78 is 0. The molecular weight excluding hydrogens is 288 g/mol. The first-order valence-electron chi connectivity index (χ1n) is 7.10. The minimum Gasteiger partial charge on any atom is -0.384 e. The van der Waals surface area contributed by atoms with E-state index in [2.05, 4.69) is 33.8 Å². The Morgan fingerprint density at radius 3 is 2.62 bits per heavy atom. The average molecular weight is 311 g/mol. The van der Waals surface area contributed by atoms with E-state index in [4.69, 9.17) is 22.7 Å². The van der Waals surface area contributed by atoms with Gasteiger partial charge in [-0.05, 0) is 20.2 Å². The SMILES string of the molecule is CN(C)CCN1CCN(c2nccc(C(=N)N)c2Cl)CC1. The summed E-state index contributed by atoms with van der Waals surface area (Å²) in [7, 11) is 4.18. The van der Waals surface area contributed by atoms with Crippen LogP contribution in [0.4, 0.5) is 5.82 Å². The van der Waals surface area contributed by atoms with E-state index < -0.39 is 0 Å². The highest BCUT2D eigenvalue weighted by molar-refractivity contribution is 6.36. The molecule has 1 fully saturated rings. The van der Waals surface area contributed by atoms with E-state index in [0.717, 1.165) is 45.1 Å². The van der Waals surface area contributed by atoms with E-state index >= 15 is 0 Å². The second kappa shape index (κ2) is 7.06. The minimum absolute atomic E-state index is 0.0201. The maximum atomic E-state index is 7.55. The lowest BCUT2D eigenvalue weighted by Gasteiger charge is -2.36. The van der Waals surface area contributed by atoms with Gasteiger partial charge in [0.05, 0.1) is 5.02 Å². The van der Waals surface area contributed by atoms with Gasteiger partial charge in [0, 0.05) is 51.0 Å². The second-order valence-electron chi connectivity index (χ2n) is 5.54. The Morgan fingerprint density at radius 2 is 2.05 bits per heavy atom. The molecule has 0 saturated carbocycles. The highest BCUT2D eigenvalue weighted by Crippen LogP contribution is 2.27. The molecule has 0 spiro atoms. The molecule has 1 aromatic rings. The number of nitrogens with one attached hydrogen (secondary N) is 1. The predicted octanol–water partition coefficient (Wildman–Crippen LogP) is 0.703. The Balaban J connectivity index is 1.99. The fraction of sp³-hybridized carbons (Fsp3) is 0.571. The van der Waals surface area contributed by atoms with E-state index in [1.54, 1.807) is 12.3 Å². The Morgan fingerprint density at radius 1 is 1.38 bits per heavy atom. The van der Waals surface area contributed by atoms with Crippen LogP contribution in [0.1, 0.15) is 5.56 Å². The molecule has 2 rings (SSSR count). The number of pyridine rings is 1. The number of aromatic nitrogens is 1. The van der Waals surface area contributed by atoms with Crippen LogP contribution in [-0.2, 0) is 0 Å². The van der Waals surface area contributed by atoms with Crippen molar-refractivity contribution in [3.8, 4) is 0 Å². The molecule has 0 amide bonds. The van der Waals surface area contributed by atoms with Crippen molar-refractivity contribution in [1.29, 1.82) is 5.41 Å². The van der Waals surface area contributed by atoms with Gasteiger partial charge in [-0.15, -0.1) is 0 Å². The molecule has 6 nitrogen and oxygen atoms in total. The van der Waals surface area contributed by atoms with Crippen LogP contribution in [-0.4, -0.2) is 74.0 Å². The summed E-state index contributed by atoms with van der Waals surface area (Å²) in [6.07, 6.45) is 1.66.